The lowest BCUT2D eigenvalue weighted by molar-refractivity contribution is -0.140. The molecule has 0 fully saturated rings. The topological polar surface area (TPSA) is 80.8 Å². The van der Waals surface area contributed by atoms with Crippen molar-refractivity contribution in [3.63, 3.8) is 0 Å². The second-order valence-electron chi connectivity index (χ2n) is 6.21. The van der Waals surface area contributed by atoms with Crippen LogP contribution in [0.2, 0.25) is 0 Å². The number of hydrogen-bond acceptors (Lipinski definition) is 6. The Kier molecular flexibility index (Phi) is 5.02. The van der Waals surface area contributed by atoms with E-state index in [1.165, 1.54) is 11.8 Å². The van der Waals surface area contributed by atoms with E-state index in [0.29, 0.717) is 23.8 Å². The molecule has 0 saturated carbocycles. The number of thioether (sulfide) groups is 1. The Balaban J connectivity index is 1.35. The fourth-order valence-corrected chi connectivity index (χ4v) is 3.41. The van der Waals surface area contributed by atoms with Crippen LogP contribution in [-0.4, -0.2) is 38.5 Å². The van der Waals surface area contributed by atoms with E-state index in [2.05, 4.69) is 26.2 Å². The van der Waals surface area contributed by atoms with Crippen LogP contribution in [0.3, 0.4) is 0 Å². The van der Waals surface area contributed by atoms with E-state index in [-0.39, 0.29) is 11.7 Å². The average molecular weight is 378 g/mol. The monoisotopic (exact) mass is 378 g/mol. The van der Waals surface area contributed by atoms with Crippen molar-refractivity contribution in [2.24, 2.45) is 0 Å². The zero-order valence-corrected chi connectivity index (χ0v) is 15.6. The number of aromatic amines is 1. The van der Waals surface area contributed by atoms with E-state index in [9.17, 15) is 4.79 Å². The average Bonchev–Trinajstić information content (AvgIpc) is 3.04. The molecule has 0 atom stereocenters. The number of ether oxygens (including phenoxy) is 1. The van der Waals surface area contributed by atoms with E-state index >= 15 is 0 Å². The number of rotatable bonds is 6. The van der Waals surface area contributed by atoms with Gasteiger partial charge in [0, 0.05) is 17.3 Å². The van der Waals surface area contributed by atoms with Crippen LogP contribution in [0.1, 0.15) is 11.1 Å². The molecule has 2 heterocycles. The first-order valence-electron chi connectivity index (χ1n) is 8.64. The lowest BCUT2D eigenvalue weighted by Crippen LogP contribution is -2.10. The summed E-state index contributed by atoms with van der Waals surface area (Å²) in [4.78, 5) is 19.6. The molecule has 7 heteroatoms. The summed E-state index contributed by atoms with van der Waals surface area (Å²) in [6.45, 7) is 2.40. The minimum Gasteiger partial charge on any atom is -0.465 e. The predicted molar refractivity (Wildman–Crippen MR) is 106 cm³/mol. The Morgan fingerprint density at radius 1 is 1.15 bits per heavy atom. The van der Waals surface area contributed by atoms with Crippen molar-refractivity contribution in [2.75, 3.05) is 12.4 Å². The molecule has 6 nitrogen and oxygen atoms in total. The highest BCUT2D eigenvalue weighted by atomic mass is 32.2. The van der Waals surface area contributed by atoms with Gasteiger partial charge in [0.2, 0.25) is 5.16 Å². The van der Waals surface area contributed by atoms with Crippen molar-refractivity contribution in [1.29, 1.82) is 0 Å². The van der Waals surface area contributed by atoms with Gasteiger partial charge >= 0.3 is 5.97 Å². The van der Waals surface area contributed by atoms with Gasteiger partial charge in [-0.15, -0.1) is 10.2 Å². The molecular formula is C20H18N4O2S. The summed E-state index contributed by atoms with van der Waals surface area (Å²) in [7, 11) is 0. The molecule has 4 aromatic rings. The Labute approximate surface area is 160 Å². The van der Waals surface area contributed by atoms with Crippen LogP contribution in [-0.2, 0) is 16.0 Å². The number of carbonyl (C=O) groups is 1. The Morgan fingerprint density at radius 2 is 2.00 bits per heavy atom. The smallest absolute Gasteiger partial charge is 0.316 e. The molecule has 2 aromatic carbocycles. The van der Waals surface area contributed by atoms with Crippen molar-refractivity contribution >= 4 is 39.8 Å². The Morgan fingerprint density at radius 3 is 2.85 bits per heavy atom. The van der Waals surface area contributed by atoms with Crippen molar-refractivity contribution in [3.05, 3.63) is 59.7 Å². The van der Waals surface area contributed by atoms with Crippen LogP contribution in [0, 0.1) is 6.92 Å². The van der Waals surface area contributed by atoms with E-state index in [0.717, 1.165) is 27.5 Å². The highest BCUT2D eigenvalue weighted by Gasteiger charge is 2.11. The van der Waals surface area contributed by atoms with Gasteiger partial charge in [0.05, 0.1) is 12.4 Å². The number of esters is 1. The number of nitrogens with zero attached hydrogens (tertiary/aromatic N) is 3. The first kappa shape index (κ1) is 17.5. The first-order valence-corrected chi connectivity index (χ1v) is 9.63. The molecular weight excluding hydrogens is 360 g/mol. The van der Waals surface area contributed by atoms with Gasteiger partial charge in [0.25, 0.3) is 0 Å². The van der Waals surface area contributed by atoms with Crippen LogP contribution in [0.5, 0.6) is 0 Å². The summed E-state index contributed by atoms with van der Waals surface area (Å²) < 4.78 is 5.27. The highest BCUT2D eigenvalue weighted by Crippen LogP contribution is 2.24. The van der Waals surface area contributed by atoms with Gasteiger partial charge in [0.1, 0.15) is 5.52 Å². The number of H-pyrrole nitrogens is 1. The van der Waals surface area contributed by atoms with Crippen molar-refractivity contribution in [1.82, 2.24) is 20.2 Å². The third-order valence-corrected chi connectivity index (χ3v) is 4.98. The van der Waals surface area contributed by atoms with E-state index in [4.69, 9.17) is 4.74 Å². The summed E-state index contributed by atoms with van der Waals surface area (Å²) in [6, 6.07) is 16.0. The van der Waals surface area contributed by atoms with Gasteiger partial charge in [-0.1, -0.05) is 53.7 Å². The lowest BCUT2D eigenvalue weighted by Gasteiger charge is -2.04. The first-order chi connectivity index (χ1) is 13.2. The molecule has 1 N–H and O–H groups in total. The van der Waals surface area contributed by atoms with E-state index < -0.39 is 0 Å². The molecule has 0 saturated heterocycles. The maximum absolute atomic E-state index is 11.9. The Bertz CT molecular complexity index is 1100. The number of carbonyl (C=O) groups excluding carboxylic acids is 1. The maximum atomic E-state index is 11.9. The van der Waals surface area contributed by atoms with E-state index in [1.807, 2.05) is 49.4 Å². The van der Waals surface area contributed by atoms with Gasteiger partial charge in [0.15, 0.2) is 5.65 Å². The van der Waals surface area contributed by atoms with Crippen molar-refractivity contribution in [2.45, 2.75) is 18.5 Å². The SMILES string of the molecule is Cc1ccc2[nH]c3nc(SCC(=O)OCCc4ccccc4)nnc3c2c1. The summed E-state index contributed by atoms with van der Waals surface area (Å²) in [6.07, 6.45) is 0.704. The molecule has 0 bridgehead atoms. The molecule has 136 valence electrons. The molecule has 0 aliphatic carbocycles. The standard InChI is InChI=1S/C20H18N4O2S/c1-13-7-8-16-15(11-13)18-19(21-16)22-20(24-23-18)27-12-17(25)26-10-9-14-5-3-2-4-6-14/h2-8,11H,9-10,12H2,1H3,(H,21,22,24). The maximum Gasteiger partial charge on any atom is 0.316 e. The Hall–Kier alpha value is -2.93. The molecule has 0 amide bonds. The molecule has 0 radical (unpaired) electrons. The largest absolute Gasteiger partial charge is 0.465 e. The second kappa shape index (κ2) is 7.75. The number of aromatic nitrogens is 4. The van der Waals surface area contributed by atoms with Gasteiger partial charge in [-0.3, -0.25) is 4.79 Å². The third-order valence-electron chi connectivity index (χ3n) is 4.17. The van der Waals surface area contributed by atoms with Gasteiger partial charge in [-0.2, -0.15) is 0 Å². The summed E-state index contributed by atoms with van der Waals surface area (Å²) in [5.41, 5.74) is 4.68. The summed E-state index contributed by atoms with van der Waals surface area (Å²) >= 11 is 1.22. The molecule has 0 spiro atoms. The predicted octanol–water partition coefficient (Wildman–Crippen LogP) is 3.69. The summed E-state index contributed by atoms with van der Waals surface area (Å²) in [5, 5.41) is 9.86. The fraction of sp³-hybridized carbons (Fsp3) is 0.200. The van der Waals surface area contributed by atoms with Crippen LogP contribution < -0.4 is 0 Å². The van der Waals surface area contributed by atoms with Crippen LogP contribution in [0.25, 0.3) is 22.1 Å². The minimum absolute atomic E-state index is 0.154. The van der Waals surface area contributed by atoms with Crippen molar-refractivity contribution < 1.29 is 9.53 Å². The zero-order chi connectivity index (χ0) is 18.6. The normalized spacial score (nSPS) is 11.1. The molecule has 0 unspecified atom stereocenters. The quantitative estimate of drug-likeness (QED) is 0.407. The van der Waals surface area contributed by atoms with Crippen molar-refractivity contribution in [3.8, 4) is 0 Å². The molecule has 0 aliphatic heterocycles. The molecule has 0 aliphatic rings. The number of benzene rings is 2. The van der Waals surface area contributed by atoms with Gasteiger partial charge in [-0.25, -0.2) is 4.98 Å². The number of hydrogen-bond donors (Lipinski definition) is 1. The molecule has 2 aromatic heterocycles. The van der Waals surface area contributed by atoms with Gasteiger partial charge < -0.3 is 9.72 Å². The fourth-order valence-electron chi connectivity index (χ4n) is 2.82. The summed E-state index contributed by atoms with van der Waals surface area (Å²) in [5.74, 6) is -0.131. The molecule has 4 rings (SSSR count). The van der Waals surface area contributed by atoms with Crippen LogP contribution in [0.15, 0.2) is 53.7 Å². The third kappa shape index (κ3) is 4.09. The number of nitrogens with one attached hydrogen (secondary N) is 1. The van der Waals surface area contributed by atoms with Crippen LogP contribution >= 0.6 is 11.8 Å². The zero-order valence-electron chi connectivity index (χ0n) is 14.8. The van der Waals surface area contributed by atoms with Gasteiger partial charge in [-0.05, 0) is 24.6 Å². The minimum atomic E-state index is -0.285. The second-order valence-corrected chi connectivity index (χ2v) is 7.15. The highest BCUT2D eigenvalue weighted by molar-refractivity contribution is 7.99. The number of aryl methyl sites for hydroxylation is 1. The lowest BCUT2D eigenvalue weighted by atomic mass is 10.2. The van der Waals surface area contributed by atoms with E-state index in [1.54, 1.807) is 0 Å². The molecule has 27 heavy (non-hydrogen) atoms. The van der Waals surface area contributed by atoms with Crippen LogP contribution in [0.4, 0.5) is 0 Å². The number of fused-ring (bicyclic) bond motifs is 3.